The van der Waals surface area contributed by atoms with Crippen molar-refractivity contribution in [2.75, 3.05) is 11.5 Å². The minimum Gasteiger partial charge on any atom is -0.388 e. The molecule has 1 aromatic heterocycles. The summed E-state index contributed by atoms with van der Waals surface area (Å²) in [6, 6.07) is 2.14. The Morgan fingerprint density at radius 1 is 1.50 bits per heavy atom. The zero-order valence-electron chi connectivity index (χ0n) is 10.3. The van der Waals surface area contributed by atoms with E-state index >= 15 is 0 Å². The van der Waals surface area contributed by atoms with Crippen LogP contribution in [0.3, 0.4) is 0 Å². The molecule has 0 radical (unpaired) electrons. The van der Waals surface area contributed by atoms with E-state index < -0.39 is 25.9 Å². The third-order valence-electron chi connectivity index (χ3n) is 2.85. The topological polar surface area (TPSA) is 119 Å². The molecule has 1 saturated heterocycles. The normalized spacial score (nSPS) is 21.7. The van der Waals surface area contributed by atoms with Gasteiger partial charge in [0.25, 0.3) is 0 Å². The number of thiocarbonyl (C=S) groups is 1. The van der Waals surface area contributed by atoms with Gasteiger partial charge in [0.15, 0.2) is 9.84 Å². The number of nitrogens with zero attached hydrogens (tertiary/aromatic N) is 1. The maximum absolute atomic E-state index is 12.3. The van der Waals surface area contributed by atoms with Crippen LogP contribution >= 0.6 is 12.2 Å². The number of sulfonamides is 1. The molecule has 0 spiro atoms. The van der Waals surface area contributed by atoms with Crippen LogP contribution in [0.2, 0.25) is 0 Å². The fourth-order valence-electron chi connectivity index (χ4n) is 1.96. The third kappa shape index (κ3) is 3.32. The monoisotopic (exact) mass is 335 g/mol. The van der Waals surface area contributed by atoms with E-state index in [1.165, 1.54) is 18.3 Å². The Morgan fingerprint density at radius 3 is 2.75 bits per heavy atom. The minimum absolute atomic E-state index is 0.00384. The van der Waals surface area contributed by atoms with Crippen LogP contribution < -0.4 is 10.5 Å². The molecule has 110 valence electrons. The molecule has 10 heteroatoms. The summed E-state index contributed by atoms with van der Waals surface area (Å²) in [5, 5.41) is 0. The summed E-state index contributed by atoms with van der Waals surface area (Å²) < 4.78 is 49.6. The number of sulfone groups is 1. The zero-order valence-corrected chi connectivity index (χ0v) is 12.8. The molecule has 1 fully saturated rings. The van der Waals surface area contributed by atoms with Crippen molar-refractivity contribution in [1.82, 2.24) is 9.71 Å². The average Bonchev–Trinajstić information content (AvgIpc) is 2.68. The summed E-state index contributed by atoms with van der Waals surface area (Å²) in [7, 11) is -7.08. The van der Waals surface area contributed by atoms with E-state index in [0.717, 1.165) is 0 Å². The molecular weight excluding hydrogens is 322 g/mol. The van der Waals surface area contributed by atoms with E-state index in [2.05, 4.69) is 9.71 Å². The SMILES string of the molecule is NC(=S)c1ncccc1S(=O)(=O)NC1CCS(=O)(=O)C1. The van der Waals surface area contributed by atoms with Gasteiger partial charge in [-0.05, 0) is 18.6 Å². The molecule has 1 atom stereocenters. The lowest BCUT2D eigenvalue weighted by Crippen LogP contribution is -2.36. The van der Waals surface area contributed by atoms with Crippen molar-refractivity contribution in [2.24, 2.45) is 5.73 Å². The molecule has 20 heavy (non-hydrogen) atoms. The van der Waals surface area contributed by atoms with Crippen LogP contribution in [0.5, 0.6) is 0 Å². The molecule has 1 aliphatic heterocycles. The first-order chi connectivity index (χ1) is 9.21. The maximum Gasteiger partial charge on any atom is 0.243 e. The second-order valence-corrected chi connectivity index (χ2v) is 8.79. The van der Waals surface area contributed by atoms with E-state index in [9.17, 15) is 16.8 Å². The van der Waals surface area contributed by atoms with Crippen molar-refractivity contribution >= 4 is 37.1 Å². The summed E-state index contributed by atoms with van der Waals surface area (Å²) in [4.78, 5) is 3.57. The molecular formula is C10H13N3O4S3. The summed E-state index contributed by atoms with van der Waals surface area (Å²) >= 11 is 4.76. The van der Waals surface area contributed by atoms with Gasteiger partial charge in [-0.25, -0.2) is 21.6 Å². The van der Waals surface area contributed by atoms with E-state index in [4.69, 9.17) is 18.0 Å². The molecule has 1 unspecified atom stereocenters. The van der Waals surface area contributed by atoms with Crippen LogP contribution in [0, 0.1) is 0 Å². The van der Waals surface area contributed by atoms with Gasteiger partial charge in [-0.3, -0.25) is 4.98 Å². The van der Waals surface area contributed by atoms with Gasteiger partial charge in [0.05, 0.1) is 11.5 Å². The Kier molecular flexibility index (Phi) is 4.09. The first-order valence-electron chi connectivity index (χ1n) is 5.69. The van der Waals surface area contributed by atoms with Crippen molar-refractivity contribution < 1.29 is 16.8 Å². The second kappa shape index (κ2) is 5.35. The summed E-state index contributed by atoms with van der Waals surface area (Å²) in [6.45, 7) is 0. The number of rotatable bonds is 4. The molecule has 0 amide bonds. The quantitative estimate of drug-likeness (QED) is 0.690. The molecule has 2 heterocycles. The van der Waals surface area contributed by atoms with Crippen molar-refractivity contribution in [1.29, 1.82) is 0 Å². The van der Waals surface area contributed by atoms with Gasteiger partial charge in [-0.15, -0.1) is 0 Å². The zero-order chi connectivity index (χ0) is 15.0. The van der Waals surface area contributed by atoms with E-state index in [0.29, 0.717) is 0 Å². The summed E-state index contributed by atoms with van der Waals surface area (Å²) in [6.07, 6.45) is 1.64. The fourth-order valence-corrected chi connectivity index (χ4v) is 5.41. The van der Waals surface area contributed by atoms with Gasteiger partial charge in [0, 0.05) is 12.2 Å². The lowest BCUT2D eigenvalue weighted by atomic mass is 10.3. The molecule has 1 aliphatic rings. The van der Waals surface area contributed by atoms with Crippen molar-refractivity contribution in [3.63, 3.8) is 0 Å². The predicted molar refractivity (Wildman–Crippen MR) is 77.5 cm³/mol. The second-order valence-electron chi connectivity index (χ2n) is 4.44. The Balaban J connectivity index is 2.30. The van der Waals surface area contributed by atoms with Gasteiger partial charge in [0.2, 0.25) is 10.0 Å². The van der Waals surface area contributed by atoms with Gasteiger partial charge >= 0.3 is 0 Å². The number of hydrogen-bond acceptors (Lipinski definition) is 6. The number of nitrogens with two attached hydrogens (primary N) is 1. The van der Waals surface area contributed by atoms with Crippen molar-refractivity contribution in [2.45, 2.75) is 17.4 Å². The number of nitrogens with one attached hydrogen (secondary N) is 1. The highest BCUT2D eigenvalue weighted by Gasteiger charge is 2.32. The highest BCUT2D eigenvalue weighted by Crippen LogP contribution is 2.17. The number of aromatic nitrogens is 1. The third-order valence-corrected chi connectivity index (χ3v) is 6.36. The van der Waals surface area contributed by atoms with E-state index in [-0.39, 0.29) is 33.5 Å². The number of hydrogen-bond donors (Lipinski definition) is 2. The largest absolute Gasteiger partial charge is 0.388 e. The van der Waals surface area contributed by atoms with E-state index in [1.54, 1.807) is 0 Å². The molecule has 0 aromatic carbocycles. The molecule has 0 saturated carbocycles. The lowest BCUT2D eigenvalue weighted by Gasteiger charge is -2.13. The van der Waals surface area contributed by atoms with Crippen LogP contribution in [0.4, 0.5) is 0 Å². The highest BCUT2D eigenvalue weighted by molar-refractivity contribution is 7.92. The smallest absolute Gasteiger partial charge is 0.243 e. The molecule has 2 rings (SSSR count). The molecule has 7 nitrogen and oxygen atoms in total. The highest BCUT2D eigenvalue weighted by atomic mass is 32.2. The Labute approximate surface area is 122 Å². The Bertz CT molecular complexity index is 743. The molecule has 1 aromatic rings. The molecule has 3 N–H and O–H groups in total. The van der Waals surface area contributed by atoms with Gasteiger partial charge in [0.1, 0.15) is 15.6 Å². The first kappa shape index (κ1) is 15.3. The van der Waals surface area contributed by atoms with Crippen LogP contribution in [0.1, 0.15) is 12.1 Å². The Hall–Kier alpha value is -1.10. The lowest BCUT2D eigenvalue weighted by molar-refractivity contribution is 0.562. The molecule has 0 aliphatic carbocycles. The van der Waals surface area contributed by atoms with Gasteiger partial charge in [-0.1, -0.05) is 12.2 Å². The predicted octanol–water partition coefficient (Wildman–Crippen LogP) is -0.819. The van der Waals surface area contributed by atoms with Crippen molar-refractivity contribution in [3.05, 3.63) is 24.0 Å². The summed E-state index contributed by atoms with van der Waals surface area (Å²) in [5.74, 6) is -0.218. The first-order valence-corrected chi connectivity index (χ1v) is 9.40. The van der Waals surface area contributed by atoms with E-state index in [1.807, 2.05) is 0 Å². The van der Waals surface area contributed by atoms with Crippen LogP contribution in [0.25, 0.3) is 0 Å². The number of pyridine rings is 1. The minimum atomic E-state index is -3.91. The van der Waals surface area contributed by atoms with Crippen LogP contribution in [-0.2, 0) is 19.9 Å². The molecule has 0 bridgehead atoms. The van der Waals surface area contributed by atoms with Gasteiger partial charge < -0.3 is 5.73 Å². The Morgan fingerprint density at radius 2 is 2.20 bits per heavy atom. The summed E-state index contributed by atoms with van der Waals surface area (Å²) in [5.41, 5.74) is 5.44. The van der Waals surface area contributed by atoms with Gasteiger partial charge in [-0.2, -0.15) is 0 Å². The maximum atomic E-state index is 12.3. The standard InChI is InChI=1S/C10H13N3O4S3/c11-10(18)9-8(2-1-4-12-9)20(16,17)13-7-3-5-19(14,15)6-7/h1-2,4,7,13H,3,5-6H2,(H2,11,18). The van der Waals surface area contributed by atoms with Crippen LogP contribution in [-0.4, -0.2) is 44.4 Å². The average molecular weight is 335 g/mol. The van der Waals surface area contributed by atoms with Crippen molar-refractivity contribution in [3.8, 4) is 0 Å². The van der Waals surface area contributed by atoms with Crippen LogP contribution in [0.15, 0.2) is 23.2 Å². The fraction of sp³-hybridized carbons (Fsp3) is 0.400.